The molecule has 0 spiro atoms. The topological polar surface area (TPSA) is 141 Å². The van der Waals surface area contributed by atoms with Gasteiger partial charge in [0.2, 0.25) is 5.91 Å². The van der Waals surface area contributed by atoms with E-state index in [0.29, 0.717) is 18.5 Å². The van der Waals surface area contributed by atoms with Crippen LogP contribution in [-0.2, 0) is 20.9 Å². The van der Waals surface area contributed by atoms with Crippen LogP contribution < -0.4 is 10.6 Å². The molecule has 0 fully saturated rings. The molecule has 2 amide bonds. The maximum Gasteiger partial charge on any atom is 0.329 e. The second kappa shape index (κ2) is 10.9. The fourth-order valence-corrected chi connectivity index (χ4v) is 1.90. The Balaban J connectivity index is 2.32. The fourth-order valence-electron chi connectivity index (χ4n) is 1.90. The lowest BCUT2D eigenvalue weighted by molar-refractivity contribution is -0.142. The molecule has 0 aliphatic carbocycles. The lowest BCUT2D eigenvalue weighted by atomic mass is 10.1. The van der Waals surface area contributed by atoms with E-state index in [4.69, 9.17) is 15.4 Å². The molecule has 0 bridgehead atoms. The number of hydrogen-bond donors (Lipinski definition) is 4. The summed E-state index contributed by atoms with van der Waals surface area (Å²) >= 11 is 0. The van der Waals surface area contributed by atoms with Crippen molar-refractivity contribution in [2.45, 2.75) is 25.9 Å². The molecule has 0 aromatic heterocycles. The predicted molar refractivity (Wildman–Crippen MR) is 88.3 cm³/mol. The highest BCUT2D eigenvalue weighted by Gasteiger charge is 2.16. The largest absolute Gasteiger partial charge is 0.480 e. The van der Waals surface area contributed by atoms with Crippen molar-refractivity contribution in [3.63, 3.8) is 0 Å². The average molecular weight is 350 g/mol. The number of nitrogens with zero attached hydrogens (tertiary/aromatic N) is 1. The van der Waals surface area contributed by atoms with E-state index in [1.807, 2.05) is 0 Å². The first-order valence-corrected chi connectivity index (χ1v) is 7.74. The summed E-state index contributed by atoms with van der Waals surface area (Å²) in [7, 11) is 0. The summed E-state index contributed by atoms with van der Waals surface area (Å²) in [5.41, 5.74) is 8.03. The molecule has 9 nitrogen and oxygen atoms in total. The lowest BCUT2D eigenvalue weighted by Crippen LogP contribution is -2.45. The molecular weight excluding hydrogens is 328 g/mol. The van der Waals surface area contributed by atoms with Gasteiger partial charge < -0.3 is 20.5 Å². The summed E-state index contributed by atoms with van der Waals surface area (Å²) in [6.45, 7) is 2.02. The van der Waals surface area contributed by atoms with Crippen LogP contribution in [0.4, 0.5) is 0 Å². The van der Waals surface area contributed by atoms with Gasteiger partial charge in [-0.25, -0.2) is 10.3 Å². The minimum atomic E-state index is -1.04. The molecule has 1 atom stereocenters. The van der Waals surface area contributed by atoms with Gasteiger partial charge >= 0.3 is 5.97 Å². The van der Waals surface area contributed by atoms with Gasteiger partial charge in [0.1, 0.15) is 12.6 Å². The van der Waals surface area contributed by atoms with E-state index in [-0.39, 0.29) is 31.6 Å². The quantitative estimate of drug-likeness (QED) is 0.347. The van der Waals surface area contributed by atoms with Crippen molar-refractivity contribution in [3.8, 4) is 0 Å². The number of carboxylic acid groups (broad SMARTS) is 1. The lowest BCUT2D eigenvalue weighted by Gasteiger charge is -2.14. The van der Waals surface area contributed by atoms with Crippen LogP contribution in [0.1, 0.15) is 29.3 Å². The molecule has 0 aliphatic rings. The average Bonchev–Trinajstić information content (AvgIpc) is 2.58. The van der Waals surface area contributed by atoms with E-state index in [1.165, 1.54) is 0 Å². The van der Waals surface area contributed by atoms with Crippen LogP contribution in [0.5, 0.6) is 0 Å². The summed E-state index contributed by atoms with van der Waals surface area (Å²) in [4.78, 5) is 34.2. The van der Waals surface area contributed by atoms with Crippen LogP contribution in [0.3, 0.4) is 0 Å². The van der Waals surface area contributed by atoms with Crippen molar-refractivity contribution in [1.29, 1.82) is 5.53 Å². The number of aliphatic carboxylic acids is 1. The molecule has 0 radical (unpaired) electrons. The Hall–Kier alpha value is -2.81. The van der Waals surface area contributed by atoms with Crippen LogP contribution >= 0.6 is 0 Å². The van der Waals surface area contributed by atoms with Crippen molar-refractivity contribution >= 4 is 17.8 Å². The Kier molecular flexibility index (Phi) is 8.80. The summed E-state index contributed by atoms with van der Waals surface area (Å²) in [5, 5.41) is 16.9. The Morgan fingerprint density at radius 1 is 1.28 bits per heavy atom. The van der Waals surface area contributed by atoms with E-state index in [2.05, 4.69) is 15.7 Å². The van der Waals surface area contributed by atoms with Crippen molar-refractivity contribution in [3.05, 3.63) is 35.4 Å². The zero-order valence-corrected chi connectivity index (χ0v) is 13.9. The molecule has 0 unspecified atom stereocenters. The third kappa shape index (κ3) is 8.02. The fraction of sp³-hybridized carbons (Fsp3) is 0.438. The van der Waals surface area contributed by atoms with E-state index < -0.39 is 12.0 Å². The summed E-state index contributed by atoms with van der Waals surface area (Å²) in [5.74, 6) is -1.75. The highest BCUT2D eigenvalue weighted by Crippen LogP contribution is 2.06. The van der Waals surface area contributed by atoms with Gasteiger partial charge in [-0.2, -0.15) is 5.11 Å². The highest BCUT2D eigenvalue weighted by atomic mass is 16.5. The molecule has 4 N–H and O–H groups in total. The monoisotopic (exact) mass is 350 g/mol. The van der Waals surface area contributed by atoms with Crippen LogP contribution in [0, 0.1) is 5.53 Å². The highest BCUT2D eigenvalue weighted by molar-refractivity contribution is 5.97. The normalized spacial score (nSPS) is 11.4. The minimum absolute atomic E-state index is 0.226. The molecule has 25 heavy (non-hydrogen) atoms. The molecule has 0 aliphatic heterocycles. The first-order chi connectivity index (χ1) is 11.9. The maximum atomic E-state index is 12.1. The summed E-state index contributed by atoms with van der Waals surface area (Å²) in [6.07, 6.45) is 0.474. The molecule has 0 saturated carbocycles. The number of benzene rings is 1. The second-order valence-corrected chi connectivity index (χ2v) is 5.30. The Morgan fingerprint density at radius 3 is 2.56 bits per heavy atom. The van der Waals surface area contributed by atoms with Crippen molar-refractivity contribution in [2.75, 3.05) is 19.8 Å². The second-order valence-electron chi connectivity index (χ2n) is 5.30. The van der Waals surface area contributed by atoms with E-state index in [1.54, 1.807) is 31.2 Å². The van der Waals surface area contributed by atoms with Crippen LogP contribution in [-0.4, -0.2) is 48.7 Å². The Labute approximate surface area is 145 Å². The van der Waals surface area contributed by atoms with Crippen LogP contribution in [0.25, 0.3) is 0 Å². The summed E-state index contributed by atoms with van der Waals surface area (Å²) in [6, 6.07) is 5.92. The molecule has 0 heterocycles. The Morgan fingerprint density at radius 2 is 1.96 bits per heavy atom. The van der Waals surface area contributed by atoms with Crippen LogP contribution in [0.15, 0.2) is 29.4 Å². The molecule has 1 aromatic rings. The van der Waals surface area contributed by atoms with E-state index >= 15 is 0 Å². The third-order valence-electron chi connectivity index (χ3n) is 3.21. The van der Waals surface area contributed by atoms with Gasteiger partial charge in [-0.15, -0.1) is 0 Å². The van der Waals surface area contributed by atoms with Gasteiger partial charge in [0.15, 0.2) is 0 Å². The molecular formula is C16H22N4O5. The van der Waals surface area contributed by atoms with Gasteiger partial charge in [-0.3, -0.25) is 9.59 Å². The van der Waals surface area contributed by atoms with Gasteiger partial charge in [0.05, 0.1) is 6.54 Å². The number of rotatable bonds is 11. The Bertz CT molecular complexity index is 603. The molecule has 0 saturated heterocycles. The van der Waals surface area contributed by atoms with Gasteiger partial charge in [0, 0.05) is 18.7 Å². The first kappa shape index (κ1) is 20.2. The zero-order valence-electron chi connectivity index (χ0n) is 13.9. The third-order valence-corrected chi connectivity index (χ3v) is 3.21. The molecule has 1 rings (SSSR count). The minimum Gasteiger partial charge on any atom is -0.480 e. The first-order valence-electron chi connectivity index (χ1n) is 7.74. The number of carbonyl (C=O) groups excluding carboxylic acids is 2. The number of ether oxygens (including phenoxy) is 1. The van der Waals surface area contributed by atoms with Gasteiger partial charge in [0.25, 0.3) is 5.91 Å². The van der Waals surface area contributed by atoms with Crippen LogP contribution in [0.2, 0.25) is 0 Å². The van der Waals surface area contributed by atoms with Crippen molar-refractivity contribution in [1.82, 2.24) is 10.6 Å². The molecule has 9 heteroatoms. The standard InChI is InChI=1S/C16H22N4O5/c1-11(15(23)18-7-2-8-25-10-14(21)22)20-16(24)13-5-3-12(4-6-13)9-19-17/h3-6,11,17H,2,7-10H2,1H3,(H,18,23)(H,20,24)(H,21,22)/t11-/m0/s1. The zero-order chi connectivity index (χ0) is 18.7. The molecule has 1 aromatic carbocycles. The number of carboxylic acids is 1. The number of hydrogen-bond acceptors (Lipinski definition) is 6. The molecule has 136 valence electrons. The SMILES string of the molecule is C[C@H](NC(=O)c1ccc(CN=N)cc1)C(=O)NCCCOCC(=O)O. The van der Waals surface area contributed by atoms with Crippen molar-refractivity contribution in [2.24, 2.45) is 5.11 Å². The van der Waals surface area contributed by atoms with Crippen molar-refractivity contribution < 1.29 is 24.2 Å². The van der Waals surface area contributed by atoms with Gasteiger partial charge in [-0.1, -0.05) is 12.1 Å². The van der Waals surface area contributed by atoms with Gasteiger partial charge in [-0.05, 0) is 31.0 Å². The number of amides is 2. The number of nitrogens with one attached hydrogen (secondary N) is 3. The maximum absolute atomic E-state index is 12.1. The van der Waals surface area contributed by atoms with E-state index in [0.717, 1.165) is 5.56 Å². The smallest absolute Gasteiger partial charge is 0.329 e. The predicted octanol–water partition coefficient (Wildman–Crippen LogP) is 0.943. The van der Waals surface area contributed by atoms with E-state index in [9.17, 15) is 14.4 Å². The summed E-state index contributed by atoms with van der Waals surface area (Å²) < 4.78 is 4.85. The number of carbonyl (C=O) groups is 3.